The van der Waals surface area contributed by atoms with Crippen LogP contribution in [0.15, 0.2) is 48.5 Å². The molecule has 1 atom stereocenters. The summed E-state index contributed by atoms with van der Waals surface area (Å²) in [6, 6.07) is 14.0. The molecule has 24 heavy (non-hydrogen) atoms. The van der Waals surface area contributed by atoms with Crippen LogP contribution in [0, 0.1) is 0 Å². The Bertz CT molecular complexity index is 967. The lowest BCUT2D eigenvalue weighted by molar-refractivity contribution is -0.124. The monoisotopic (exact) mass is 341 g/mol. The fraction of sp³-hybridized carbons (Fsp3) is 0.0588. The van der Waals surface area contributed by atoms with E-state index in [0.717, 1.165) is 10.9 Å². The molecule has 120 valence electrons. The second-order valence-electron chi connectivity index (χ2n) is 5.37. The van der Waals surface area contributed by atoms with Gasteiger partial charge in [0, 0.05) is 15.9 Å². The van der Waals surface area contributed by atoms with E-state index in [0.29, 0.717) is 22.2 Å². The summed E-state index contributed by atoms with van der Waals surface area (Å²) in [6.07, 6.45) is -1.09. The van der Waals surface area contributed by atoms with Crippen LogP contribution in [0.25, 0.3) is 10.9 Å². The van der Waals surface area contributed by atoms with Gasteiger partial charge in [-0.05, 0) is 36.4 Å². The van der Waals surface area contributed by atoms with Crippen molar-refractivity contribution in [2.45, 2.75) is 6.23 Å². The largest absolute Gasteiger partial charge is 0.459 e. The number of aromatic nitrogens is 1. The third kappa shape index (κ3) is 2.57. The molecule has 7 heteroatoms. The van der Waals surface area contributed by atoms with E-state index in [1.54, 1.807) is 48.5 Å². The highest BCUT2D eigenvalue weighted by Crippen LogP contribution is 2.28. The highest BCUT2D eigenvalue weighted by Gasteiger charge is 2.29. The molecule has 0 bridgehead atoms. The lowest BCUT2D eigenvalue weighted by Gasteiger charge is -2.25. The number of benzene rings is 2. The Morgan fingerprint density at radius 2 is 2.00 bits per heavy atom. The number of halogens is 1. The van der Waals surface area contributed by atoms with Gasteiger partial charge in [-0.3, -0.25) is 9.59 Å². The van der Waals surface area contributed by atoms with Crippen molar-refractivity contribution in [2.24, 2.45) is 0 Å². The van der Waals surface area contributed by atoms with E-state index < -0.39 is 18.0 Å². The van der Waals surface area contributed by atoms with Gasteiger partial charge in [0.25, 0.3) is 18.0 Å². The summed E-state index contributed by atoms with van der Waals surface area (Å²) >= 11 is 5.94. The summed E-state index contributed by atoms with van der Waals surface area (Å²) in [4.78, 5) is 27.4. The Morgan fingerprint density at radius 3 is 2.88 bits per heavy atom. The summed E-state index contributed by atoms with van der Waals surface area (Å²) in [6.45, 7) is 0. The van der Waals surface area contributed by atoms with E-state index in [4.69, 9.17) is 16.3 Å². The number of amides is 2. The zero-order chi connectivity index (χ0) is 16.7. The van der Waals surface area contributed by atoms with Gasteiger partial charge in [-0.1, -0.05) is 23.7 Å². The number of nitrogens with one attached hydrogen (secondary N) is 3. The van der Waals surface area contributed by atoms with Gasteiger partial charge in [-0.25, -0.2) is 0 Å². The van der Waals surface area contributed by atoms with Gasteiger partial charge in [0.15, 0.2) is 0 Å². The molecule has 6 nitrogen and oxygen atoms in total. The van der Waals surface area contributed by atoms with Gasteiger partial charge < -0.3 is 20.4 Å². The normalized spacial score (nSPS) is 16.2. The Kier molecular flexibility index (Phi) is 3.39. The first kappa shape index (κ1) is 14.6. The first-order valence-electron chi connectivity index (χ1n) is 7.26. The minimum Gasteiger partial charge on any atom is -0.459 e. The standard InChI is InChI=1S/C17H12ClN3O3/c18-10-5-6-11-9(7-10)8-13(19-11)15(22)21-17-16(23)20-12-3-1-2-4-14(12)24-17/h1-8,17,19H,(H,20,23)(H,21,22). The highest BCUT2D eigenvalue weighted by molar-refractivity contribution is 6.31. The van der Waals surface area contributed by atoms with Crippen molar-refractivity contribution in [3.63, 3.8) is 0 Å². The summed E-state index contributed by atoms with van der Waals surface area (Å²) in [7, 11) is 0. The molecule has 1 aliphatic rings. The summed E-state index contributed by atoms with van der Waals surface area (Å²) in [5.74, 6) is -0.367. The molecule has 3 N–H and O–H groups in total. The molecule has 0 fully saturated rings. The lowest BCUT2D eigenvalue weighted by Crippen LogP contribution is -2.49. The molecular formula is C17H12ClN3O3. The first-order chi connectivity index (χ1) is 11.6. The second kappa shape index (κ2) is 5.58. The predicted molar refractivity (Wildman–Crippen MR) is 90.3 cm³/mol. The average Bonchev–Trinajstić information content (AvgIpc) is 2.98. The number of anilines is 1. The molecule has 1 unspecified atom stereocenters. The van der Waals surface area contributed by atoms with Crippen molar-refractivity contribution in [3.8, 4) is 5.75 Å². The average molecular weight is 342 g/mol. The van der Waals surface area contributed by atoms with Crippen molar-refractivity contribution >= 4 is 40.0 Å². The quantitative estimate of drug-likeness (QED) is 0.670. The third-order valence-corrected chi connectivity index (χ3v) is 3.95. The van der Waals surface area contributed by atoms with Crippen LogP contribution >= 0.6 is 11.6 Å². The van der Waals surface area contributed by atoms with E-state index in [2.05, 4.69) is 15.6 Å². The predicted octanol–water partition coefficient (Wildman–Crippen LogP) is 2.91. The van der Waals surface area contributed by atoms with Crippen LogP contribution in [0.3, 0.4) is 0 Å². The molecule has 1 aromatic heterocycles. The van der Waals surface area contributed by atoms with Crippen molar-refractivity contribution in [3.05, 3.63) is 59.2 Å². The maximum absolute atomic E-state index is 12.4. The number of fused-ring (bicyclic) bond motifs is 2. The number of para-hydroxylation sites is 2. The van der Waals surface area contributed by atoms with Gasteiger partial charge in [0.05, 0.1) is 5.69 Å². The van der Waals surface area contributed by atoms with Crippen LogP contribution in [0.2, 0.25) is 5.02 Å². The van der Waals surface area contributed by atoms with Crippen molar-refractivity contribution in [2.75, 3.05) is 5.32 Å². The van der Waals surface area contributed by atoms with Crippen LogP contribution in [-0.2, 0) is 4.79 Å². The fourth-order valence-corrected chi connectivity index (χ4v) is 2.75. The lowest BCUT2D eigenvalue weighted by atomic mass is 10.2. The molecule has 1 aliphatic heterocycles. The Balaban J connectivity index is 1.56. The SMILES string of the molecule is O=C(NC1Oc2ccccc2NC1=O)c1cc2cc(Cl)ccc2[nH]1. The van der Waals surface area contributed by atoms with E-state index in [-0.39, 0.29) is 0 Å². The topological polar surface area (TPSA) is 83.2 Å². The summed E-state index contributed by atoms with van der Waals surface area (Å²) in [5, 5.41) is 6.65. The van der Waals surface area contributed by atoms with E-state index in [1.807, 2.05) is 0 Å². The van der Waals surface area contributed by atoms with Gasteiger partial charge >= 0.3 is 0 Å². The molecule has 3 aromatic rings. The maximum atomic E-state index is 12.4. The Morgan fingerprint density at radius 1 is 1.17 bits per heavy atom. The number of carbonyl (C=O) groups is 2. The number of rotatable bonds is 2. The van der Waals surface area contributed by atoms with Gasteiger partial charge in [0.2, 0.25) is 0 Å². The van der Waals surface area contributed by atoms with Crippen molar-refractivity contribution in [1.29, 1.82) is 0 Å². The molecule has 0 saturated carbocycles. The van der Waals surface area contributed by atoms with Crippen LogP contribution in [0.5, 0.6) is 5.75 Å². The van der Waals surface area contributed by atoms with Crippen LogP contribution in [0.1, 0.15) is 10.5 Å². The Labute approximate surface area is 141 Å². The first-order valence-corrected chi connectivity index (χ1v) is 7.64. The van der Waals surface area contributed by atoms with Crippen LogP contribution in [-0.4, -0.2) is 23.0 Å². The number of hydrogen-bond acceptors (Lipinski definition) is 3. The number of hydrogen-bond donors (Lipinski definition) is 3. The third-order valence-electron chi connectivity index (χ3n) is 3.72. The van der Waals surface area contributed by atoms with E-state index in [9.17, 15) is 9.59 Å². The number of H-pyrrole nitrogens is 1. The van der Waals surface area contributed by atoms with E-state index >= 15 is 0 Å². The molecule has 2 aromatic carbocycles. The van der Waals surface area contributed by atoms with Crippen molar-refractivity contribution < 1.29 is 14.3 Å². The molecule has 0 radical (unpaired) electrons. The van der Waals surface area contributed by atoms with Gasteiger partial charge in [0.1, 0.15) is 11.4 Å². The fourth-order valence-electron chi connectivity index (χ4n) is 2.57. The van der Waals surface area contributed by atoms with E-state index in [1.165, 1.54) is 0 Å². The molecule has 0 aliphatic carbocycles. The molecular weight excluding hydrogens is 330 g/mol. The summed E-state index contributed by atoms with van der Waals surface area (Å²) < 4.78 is 5.55. The molecule has 2 amide bonds. The minimum absolute atomic E-state index is 0.322. The zero-order valence-corrected chi connectivity index (χ0v) is 13.1. The maximum Gasteiger partial charge on any atom is 0.287 e. The molecule has 0 spiro atoms. The zero-order valence-electron chi connectivity index (χ0n) is 12.3. The van der Waals surface area contributed by atoms with Crippen LogP contribution < -0.4 is 15.4 Å². The van der Waals surface area contributed by atoms with Gasteiger partial charge in [-0.15, -0.1) is 0 Å². The van der Waals surface area contributed by atoms with Crippen LogP contribution in [0.4, 0.5) is 5.69 Å². The minimum atomic E-state index is -1.09. The second-order valence-corrected chi connectivity index (χ2v) is 5.81. The molecule has 4 rings (SSSR count). The van der Waals surface area contributed by atoms with Crippen molar-refractivity contribution in [1.82, 2.24) is 10.3 Å². The smallest absolute Gasteiger partial charge is 0.287 e. The Hall–Kier alpha value is -2.99. The highest BCUT2D eigenvalue weighted by atomic mass is 35.5. The molecule has 2 heterocycles. The number of carbonyl (C=O) groups excluding carboxylic acids is 2. The number of ether oxygens (including phenoxy) is 1. The number of aromatic amines is 1. The summed E-state index contributed by atoms with van der Waals surface area (Å²) in [5.41, 5.74) is 1.68. The van der Waals surface area contributed by atoms with Gasteiger partial charge in [-0.2, -0.15) is 0 Å². The molecule has 0 saturated heterocycles.